The van der Waals surface area contributed by atoms with Crippen molar-refractivity contribution in [2.45, 2.75) is 242 Å². The van der Waals surface area contributed by atoms with E-state index in [1.807, 2.05) is 0 Å². The van der Waals surface area contributed by atoms with Crippen LogP contribution in [0.5, 0.6) is 0 Å². The molecule has 0 N–H and O–H groups in total. The Balaban J connectivity index is 0. The number of carboxylic acids is 2. The Morgan fingerprint density at radius 1 is 0.380 bits per heavy atom. The van der Waals surface area contributed by atoms with Gasteiger partial charge in [0, 0.05) is 27.4 Å². The molecule has 0 heterocycles. The molecule has 0 aromatic heterocycles. The van der Waals surface area contributed by atoms with Gasteiger partial charge in [0.2, 0.25) is 0 Å². The van der Waals surface area contributed by atoms with E-state index in [2.05, 4.69) is 83.1 Å². The van der Waals surface area contributed by atoms with E-state index in [9.17, 15) is 32.8 Å². The number of rotatable bonds is 39. The number of fused-ring (bicyclic) bond motifs is 1. The van der Waals surface area contributed by atoms with Crippen molar-refractivity contribution in [3.05, 3.63) is 41.5 Å². The van der Waals surface area contributed by atoms with Crippen molar-refractivity contribution in [1.29, 1.82) is 0 Å². The highest BCUT2D eigenvalue weighted by molar-refractivity contribution is 7.86. The van der Waals surface area contributed by atoms with Gasteiger partial charge in [0.25, 0.3) is 0 Å². The van der Waals surface area contributed by atoms with Crippen molar-refractivity contribution in [3.8, 4) is 0 Å². The molecular formula is C60H113O7P3S. The number of carbonyl (C=O) groups excluding carboxylic acids is 2. The maximum absolute atomic E-state index is 11.2. The number of carboxylic acid groups (broad SMARTS) is 2. The van der Waals surface area contributed by atoms with E-state index in [1.165, 1.54) is 160 Å². The number of benzene rings is 2. The Bertz CT molecular complexity index is 1540. The van der Waals surface area contributed by atoms with Crippen LogP contribution in [-0.4, -0.2) is 98.9 Å². The molecule has 0 saturated carbocycles. The summed E-state index contributed by atoms with van der Waals surface area (Å²) >= 11 is 0. The van der Waals surface area contributed by atoms with Gasteiger partial charge >= 0.3 is 0 Å². The molecule has 0 saturated heterocycles. The summed E-state index contributed by atoms with van der Waals surface area (Å²) in [5.41, 5.74) is -0.998. The summed E-state index contributed by atoms with van der Waals surface area (Å²) in [6.45, 7) is 28.3. The Hall–Kier alpha value is -1.16. The molecule has 0 aliphatic carbocycles. The predicted octanol–water partition coefficient (Wildman–Crippen LogP) is 17.1. The van der Waals surface area contributed by atoms with Gasteiger partial charge in [-0.15, -0.1) is 0 Å². The number of aromatic carboxylic acids is 2. The fourth-order valence-electron chi connectivity index (χ4n) is 9.79. The highest BCUT2D eigenvalue weighted by Crippen LogP contribution is 2.63. The largest absolute Gasteiger partial charge is 0.744 e. The predicted molar refractivity (Wildman–Crippen MR) is 319 cm³/mol. The van der Waals surface area contributed by atoms with Crippen LogP contribution in [0.4, 0.5) is 0 Å². The van der Waals surface area contributed by atoms with Crippen molar-refractivity contribution in [2.75, 3.05) is 73.9 Å². The second kappa shape index (κ2) is 44.0. The Kier molecular flexibility index (Phi) is 44.6. The molecule has 416 valence electrons. The summed E-state index contributed by atoms with van der Waals surface area (Å²) in [7, 11) is -6.76. The minimum absolute atomic E-state index is 0.0890. The Morgan fingerprint density at radius 3 is 0.803 bits per heavy atom. The molecule has 0 fully saturated rings. The fraction of sp³-hybridized carbons (Fsp3) is 0.800. The Morgan fingerprint density at radius 2 is 0.620 bits per heavy atom. The van der Waals surface area contributed by atoms with Crippen molar-refractivity contribution in [1.82, 2.24) is 0 Å². The SMILES string of the molecule is CCCC[P+](CCCC)(CCCC)CCCC.CCCC[P+](CCCC)(CCCC)CCCC.CCCC[P+](CCCC)(CCCC)CCCC.O=C([O-])c1ccc2c(S(=O)(=O)[O-])c(C(=O)[O-])ccc2c1. The maximum Gasteiger partial charge on any atom is 0.125 e. The number of hydrogen-bond acceptors (Lipinski definition) is 7. The van der Waals surface area contributed by atoms with Crippen molar-refractivity contribution in [3.63, 3.8) is 0 Å². The molecule has 2 aromatic carbocycles. The van der Waals surface area contributed by atoms with Crippen LogP contribution in [-0.2, 0) is 10.1 Å². The monoisotopic (exact) mass is 1070 g/mol. The second-order valence-corrected chi connectivity index (χ2v) is 35.6. The zero-order valence-corrected chi connectivity index (χ0v) is 52.0. The summed E-state index contributed by atoms with van der Waals surface area (Å²) in [5, 5.41) is 21.5. The standard InChI is InChI=1S/3C16H36P.C12H8O7S/c3*1-5-9-13-17(14-10-6-2,15-11-7-3)16-12-8-4;13-11(14)7-2-3-8-6(5-7)1-4-9(12(15)16)10(8)20(17,18)19/h3*5-16H2,1-4H3;1-5H,(H,13,14)(H,15,16)(H,17,18,19)/q3*+1;/p-3. The van der Waals surface area contributed by atoms with Crippen LogP contribution in [0.3, 0.4) is 0 Å². The van der Waals surface area contributed by atoms with Crippen molar-refractivity contribution >= 4 is 54.6 Å². The quantitative estimate of drug-likeness (QED) is 0.0480. The zero-order valence-electron chi connectivity index (χ0n) is 48.5. The first-order valence-corrected chi connectivity index (χ1v) is 38.4. The third kappa shape index (κ3) is 31.5. The van der Waals surface area contributed by atoms with Crippen molar-refractivity contribution < 1.29 is 32.8 Å². The summed E-state index contributed by atoms with van der Waals surface area (Å²) in [5.74, 6) is -3.30. The first-order valence-electron chi connectivity index (χ1n) is 29.4. The van der Waals surface area contributed by atoms with E-state index in [4.69, 9.17) is 0 Å². The summed E-state index contributed by atoms with van der Waals surface area (Å²) in [6.07, 6.45) is 53.8. The summed E-state index contributed by atoms with van der Waals surface area (Å²) in [6, 6.07) is 5.20. The average molecular weight is 1070 g/mol. The molecule has 0 aliphatic heterocycles. The third-order valence-electron chi connectivity index (χ3n) is 14.5. The zero-order chi connectivity index (χ0) is 54.0. The minimum Gasteiger partial charge on any atom is -0.744 e. The molecule has 0 aliphatic rings. The van der Waals surface area contributed by atoms with E-state index < -0.39 is 54.3 Å². The normalized spacial score (nSPS) is 11.8. The van der Waals surface area contributed by atoms with E-state index >= 15 is 0 Å². The van der Waals surface area contributed by atoms with Crippen LogP contribution < -0.4 is 10.2 Å². The van der Waals surface area contributed by atoms with E-state index in [-0.39, 0.29) is 16.3 Å². The lowest BCUT2D eigenvalue weighted by molar-refractivity contribution is -0.256. The van der Waals surface area contributed by atoms with Gasteiger partial charge in [0.1, 0.15) is 10.1 Å². The molecule has 71 heavy (non-hydrogen) atoms. The first kappa shape index (κ1) is 71.9. The molecular weight excluding hydrogens is 958 g/mol. The lowest BCUT2D eigenvalue weighted by atomic mass is 10.0. The first-order chi connectivity index (χ1) is 33.9. The van der Waals surface area contributed by atoms with E-state index in [0.717, 1.165) is 24.3 Å². The summed E-state index contributed by atoms with van der Waals surface area (Å²) in [4.78, 5) is 20.6. The van der Waals surface area contributed by atoms with Gasteiger partial charge in [-0.05, 0) is 99.5 Å². The third-order valence-corrected chi connectivity index (χ3v) is 30.6. The molecule has 0 unspecified atom stereocenters. The van der Waals surface area contributed by atoms with Gasteiger partial charge in [-0.1, -0.05) is 184 Å². The lowest BCUT2D eigenvalue weighted by Gasteiger charge is -2.28. The van der Waals surface area contributed by atoms with Gasteiger partial charge in [-0.2, -0.15) is 0 Å². The molecule has 11 heteroatoms. The van der Waals surface area contributed by atoms with E-state index in [0.29, 0.717) is 0 Å². The van der Waals surface area contributed by atoms with Crippen LogP contribution in [0.15, 0.2) is 35.2 Å². The number of carbonyl (C=O) groups is 2. The fourth-order valence-corrected chi connectivity index (χ4v) is 26.5. The topological polar surface area (TPSA) is 137 Å². The van der Waals surface area contributed by atoms with Crippen molar-refractivity contribution in [2.24, 2.45) is 0 Å². The van der Waals surface area contributed by atoms with E-state index in [1.54, 1.807) is 73.9 Å². The highest BCUT2D eigenvalue weighted by atomic mass is 32.2. The average Bonchev–Trinajstić information content (AvgIpc) is 3.37. The smallest absolute Gasteiger partial charge is 0.125 e. The van der Waals surface area contributed by atoms with Crippen LogP contribution in [0.2, 0.25) is 0 Å². The van der Waals surface area contributed by atoms with Gasteiger partial charge in [0.05, 0.1) is 90.8 Å². The molecule has 7 nitrogen and oxygen atoms in total. The van der Waals surface area contributed by atoms with Gasteiger partial charge in [0.15, 0.2) is 0 Å². The van der Waals surface area contributed by atoms with Gasteiger partial charge in [-0.25, -0.2) is 8.42 Å². The molecule has 2 aromatic rings. The molecule has 0 atom stereocenters. The minimum atomic E-state index is -5.07. The molecule has 0 bridgehead atoms. The number of unbranched alkanes of at least 4 members (excludes halogenated alkanes) is 12. The van der Waals surface area contributed by atoms with Crippen LogP contribution >= 0.6 is 21.8 Å². The van der Waals surface area contributed by atoms with Crippen LogP contribution in [0.1, 0.15) is 258 Å². The lowest BCUT2D eigenvalue weighted by Crippen LogP contribution is -2.25. The molecule has 0 radical (unpaired) electrons. The molecule has 0 spiro atoms. The van der Waals surface area contributed by atoms with Crippen LogP contribution in [0.25, 0.3) is 10.8 Å². The molecule has 0 amide bonds. The Labute approximate surface area is 442 Å². The summed E-state index contributed by atoms with van der Waals surface area (Å²) < 4.78 is 33.6. The maximum atomic E-state index is 11.2. The molecule has 2 rings (SSSR count). The van der Waals surface area contributed by atoms with Gasteiger partial charge in [-0.3, -0.25) is 0 Å². The van der Waals surface area contributed by atoms with Crippen LogP contribution in [0, 0.1) is 0 Å². The second-order valence-electron chi connectivity index (χ2n) is 20.9. The number of hydrogen-bond donors (Lipinski definition) is 0. The van der Waals surface area contributed by atoms with Gasteiger partial charge < -0.3 is 24.4 Å². The highest BCUT2D eigenvalue weighted by Gasteiger charge is 2.36.